The number of ether oxygens (including phenoxy) is 3. The second-order valence-electron chi connectivity index (χ2n) is 12.0. The molecule has 2 aliphatic rings. The van der Waals surface area contributed by atoms with Crippen LogP contribution in [0.15, 0.2) is 54.6 Å². The minimum absolute atomic E-state index is 0.0882. The van der Waals surface area contributed by atoms with E-state index in [2.05, 4.69) is 5.32 Å². The molecule has 2 N–H and O–H groups in total. The number of rotatable bonds is 8. The minimum atomic E-state index is -1.31. The average molecular weight is 576 g/mol. The van der Waals surface area contributed by atoms with Gasteiger partial charge in [-0.15, -0.1) is 0 Å². The molecule has 1 saturated heterocycles. The third-order valence-electron chi connectivity index (χ3n) is 7.86. The van der Waals surface area contributed by atoms with Crippen LogP contribution in [-0.2, 0) is 14.3 Å². The van der Waals surface area contributed by atoms with Gasteiger partial charge in [0.15, 0.2) is 0 Å². The number of hydrogen-bond acceptors (Lipinski definition) is 7. The van der Waals surface area contributed by atoms with Gasteiger partial charge < -0.3 is 24.6 Å². The molecule has 2 aromatic carbocycles. The van der Waals surface area contributed by atoms with Crippen LogP contribution >= 0.6 is 0 Å². The lowest BCUT2D eigenvalue weighted by molar-refractivity contribution is -0.144. The fourth-order valence-electron chi connectivity index (χ4n) is 5.58. The highest BCUT2D eigenvalue weighted by molar-refractivity contribution is 5.94. The van der Waals surface area contributed by atoms with Crippen molar-refractivity contribution in [2.75, 3.05) is 13.7 Å². The minimum Gasteiger partial charge on any atom is -0.497 e. The number of aliphatic carboxylic acids is 1. The molecule has 10 nitrogen and oxygen atoms in total. The summed E-state index contributed by atoms with van der Waals surface area (Å²) in [6.07, 6.45) is -0.0688. The zero-order chi connectivity index (χ0) is 30.2. The SMILES string of the molecule is CC[C@@H]1C[C@]1(NC(=O)[C@@H]1C[C@@H](Oc2cc(-c3ccccc3)nc3cc(OC)ccc23)CN1C(=O)OC(C)(C)C)C(=O)O. The van der Waals surface area contributed by atoms with Gasteiger partial charge in [-0.2, -0.15) is 0 Å². The Morgan fingerprint density at radius 3 is 2.48 bits per heavy atom. The molecule has 5 rings (SSSR count). The van der Waals surface area contributed by atoms with Crippen molar-refractivity contribution < 1.29 is 33.7 Å². The number of nitrogens with zero attached hydrogens (tertiary/aromatic N) is 2. The van der Waals surface area contributed by atoms with Gasteiger partial charge in [0.1, 0.15) is 34.8 Å². The first kappa shape index (κ1) is 29.2. The first-order chi connectivity index (χ1) is 19.9. The van der Waals surface area contributed by atoms with E-state index in [1.807, 2.05) is 61.5 Å². The van der Waals surface area contributed by atoms with Crippen LogP contribution in [0.5, 0.6) is 11.5 Å². The summed E-state index contributed by atoms with van der Waals surface area (Å²) in [5, 5.41) is 13.4. The molecule has 1 aliphatic heterocycles. The van der Waals surface area contributed by atoms with E-state index in [-0.39, 0.29) is 18.9 Å². The summed E-state index contributed by atoms with van der Waals surface area (Å²) in [6, 6.07) is 16.1. The van der Waals surface area contributed by atoms with E-state index in [0.717, 1.165) is 10.9 Å². The quantitative estimate of drug-likeness (QED) is 0.383. The van der Waals surface area contributed by atoms with Crippen LogP contribution in [-0.4, -0.2) is 69.9 Å². The monoisotopic (exact) mass is 575 g/mol. The summed E-state index contributed by atoms with van der Waals surface area (Å²) in [5.74, 6) is -0.548. The van der Waals surface area contributed by atoms with Crippen molar-refractivity contribution in [3.05, 3.63) is 54.6 Å². The molecule has 2 heterocycles. The number of likely N-dealkylation sites (tertiary alicyclic amines) is 1. The number of fused-ring (bicyclic) bond motifs is 1. The molecule has 0 spiro atoms. The third kappa shape index (κ3) is 5.84. The van der Waals surface area contributed by atoms with Crippen LogP contribution in [0.2, 0.25) is 0 Å². The van der Waals surface area contributed by atoms with Gasteiger partial charge in [-0.1, -0.05) is 43.7 Å². The zero-order valence-electron chi connectivity index (χ0n) is 24.5. The molecule has 0 bridgehead atoms. The molecule has 3 aromatic rings. The second-order valence-corrected chi connectivity index (χ2v) is 12.0. The molecule has 42 heavy (non-hydrogen) atoms. The lowest BCUT2D eigenvalue weighted by atomic mass is 10.1. The molecular weight excluding hydrogens is 538 g/mol. The second kappa shape index (κ2) is 11.2. The molecule has 1 aromatic heterocycles. The van der Waals surface area contributed by atoms with Crippen molar-refractivity contribution in [3.8, 4) is 22.8 Å². The van der Waals surface area contributed by atoms with Gasteiger partial charge >= 0.3 is 12.1 Å². The van der Waals surface area contributed by atoms with Crippen molar-refractivity contribution in [2.24, 2.45) is 5.92 Å². The fourth-order valence-corrected chi connectivity index (χ4v) is 5.58. The summed E-state index contributed by atoms with van der Waals surface area (Å²) in [4.78, 5) is 45.1. The Balaban J connectivity index is 1.46. The molecule has 1 aliphatic carbocycles. The third-order valence-corrected chi connectivity index (χ3v) is 7.86. The number of methoxy groups -OCH3 is 1. The molecular formula is C32H37N3O7. The van der Waals surface area contributed by atoms with Gasteiger partial charge in [0.05, 0.1) is 24.9 Å². The Bertz CT molecular complexity index is 1500. The molecule has 2 amide bonds. The van der Waals surface area contributed by atoms with E-state index in [1.165, 1.54) is 4.90 Å². The number of amides is 2. The average Bonchev–Trinajstić information content (AvgIpc) is 3.51. The van der Waals surface area contributed by atoms with Crippen LogP contribution in [0.1, 0.15) is 47.0 Å². The number of pyridine rings is 1. The lowest BCUT2D eigenvalue weighted by Gasteiger charge is -2.28. The predicted molar refractivity (Wildman–Crippen MR) is 156 cm³/mol. The number of hydrogen-bond donors (Lipinski definition) is 2. The maximum Gasteiger partial charge on any atom is 0.411 e. The normalized spacial score (nSPS) is 23.4. The van der Waals surface area contributed by atoms with Crippen molar-refractivity contribution >= 4 is 28.9 Å². The standard InChI is InChI=1S/C32H37N3O7/c1-6-20-17-32(20,29(37)38)34-28(36)26-15-22(18-35(26)30(39)42-31(2,3)4)41-27-16-24(19-10-8-7-9-11-19)33-25-14-21(40-5)12-13-23(25)27/h7-14,16,20,22,26H,6,15,17-18H2,1-5H3,(H,34,36)(H,37,38)/t20-,22-,26+,32-/m1/s1. The highest BCUT2D eigenvalue weighted by Crippen LogP contribution is 2.46. The van der Waals surface area contributed by atoms with Crippen molar-refractivity contribution in [3.63, 3.8) is 0 Å². The Hall–Kier alpha value is -4.34. The molecule has 4 atom stereocenters. The van der Waals surface area contributed by atoms with Gasteiger partial charge in [-0.3, -0.25) is 9.69 Å². The maximum absolute atomic E-state index is 13.6. The van der Waals surface area contributed by atoms with Crippen LogP contribution in [0.4, 0.5) is 4.79 Å². The van der Waals surface area contributed by atoms with E-state index in [1.54, 1.807) is 27.9 Å². The van der Waals surface area contributed by atoms with E-state index < -0.39 is 41.3 Å². The molecule has 2 fully saturated rings. The molecule has 0 unspecified atom stereocenters. The van der Waals surface area contributed by atoms with Crippen molar-refractivity contribution in [1.82, 2.24) is 15.2 Å². The molecule has 222 valence electrons. The van der Waals surface area contributed by atoms with Gasteiger partial charge in [0.2, 0.25) is 5.91 Å². The Morgan fingerprint density at radius 2 is 1.86 bits per heavy atom. The Morgan fingerprint density at radius 1 is 1.12 bits per heavy atom. The van der Waals surface area contributed by atoms with Gasteiger partial charge in [-0.05, 0) is 45.2 Å². The highest BCUT2D eigenvalue weighted by Gasteiger charge is 2.61. The smallest absolute Gasteiger partial charge is 0.411 e. The van der Waals surface area contributed by atoms with E-state index in [4.69, 9.17) is 19.2 Å². The Kier molecular flexibility index (Phi) is 7.74. The van der Waals surface area contributed by atoms with E-state index in [9.17, 15) is 19.5 Å². The number of nitrogens with one attached hydrogen (secondary N) is 1. The molecule has 10 heteroatoms. The summed E-state index contributed by atoms with van der Waals surface area (Å²) in [7, 11) is 1.59. The van der Waals surface area contributed by atoms with Crippen LogP contribution in [0.3, 0.4) is 0 Å². The van der Waals surface area contributed by atoms with Gasteiger partial charge in [-0.25, -0.2) is 14.6 Å². The highest BCUT2D eigenvalue weighted by atomic mass is 16.6. The first-order valence-corrected chi connectivity index (χ1v) is 14.2. The van der Waals surface area contributed by atoms with Gasteiger partial charge in [0, 0.05) is 29.5 Å². The number of carboxylic acid groups (broad SMARTS) is 1. The number of carbonyl (C=O) groups excluding carboxylic acids is 2. The largest absolute Gasteiger partial charge is 0.497 e. The lowest BCUT2D eigenvalue weighted by Crippen LogP contribution is -2.53. The predicted octanol–water partition coefficient (Wildman–Crippen LogP) is 5.04. The summed E-state index contributed by atoms with van der Waals surface area (Å²) in [6.45, 7) is 7.24. The zero-order valence-corrected chi connectivity index (χ0v) is 24.5. The number of carboxylic acids is 1. The van der Waals surface area contributed by atoms with Gasteiger partial charge in [0.25, 0.3) is 0 Å². The summed E-state index contributed by atoms with van der Waals surface area (Å²) in [5.41, 5.74) is 0.179. The van der Waals surface area contributed by atoms with Crippen molar-refractivity contribution in [2.45, 2.75) is 70.2 Å². The number of carbonyl (C=O) groups is 3. The topological polar surface area (TPSA) is 127 Å². The van der Waals surface area contributed by atoms with Crippen LogP contribution in [0.25, 0.3) is 22.2 Å². The van der Waals surface area contributed by atoms with Crippen LogP contribution < -0.4 is 14.8 Å². The summed E-state index contributed by atoms with van der Waals surface area (Å²) < 4.78 is 17.6. The molecule has 0 radical (unpaired) electrons. The Labute approximate surface area is 245 Å². The van der Waals surface area contributed by atoms with Crippen LogP contribution in [0, 0.1) is 5.92 Å². The first-order valence-electron chi connectivity index (χ1n) is 14.2. The number of benzene rings is 2. The fraction of sp³-hybridized carbons (Fsp3) is 0.438. The summed E-state index contributed by atoms with van der Waals surface area (Å²) >= 11 is 0. The van der Waals surface area contributed by atoms with E-state index in [0.29, 0.717) is 35.6 Å². The molecule has 1 saturated carbocycles. The number of aromatic nitrogens is 1. The maximum atomic E-state index is 13.6. The van der Waals surface area contributed by atoms with E-state index >= 15 is 0 Å². The van der Waals surface area contributed by atoms with Crippen molar-refractivity contribution in [1.29, 1.82) is 0 Å².